The Bertz CT molecular complexity index is 299. The third-order valence-corrected chi connectivity index (χ3v) is 5.16. The fraction of sp³-hybridized carbons (Fsp3) is 0.938. The molecule has 2 fully saturated rings. The standard InChI is InChI=1S/C16H29NO2/c1-3-14-9-8-10-16(14,13-15(18)19-4-2)17-11-6-5-7-12-17/h14H,3-13H2,1-2H3. The van der Waals surface area contributed by atoms with Gasteiger partial charge >= 0.3 is 5.97 Å². The van der Waals surface area contributed by atoms with E-state index in [1.165, 1.54) is 58.0 Å². The SMILES string of the molecule is CCOC(=O)CC1(N2CCCCC2)CCCC1CC. The van der Waals surface area contributed by atoms with Crippen molar-refractivity contribution in [3.8, 4) is 0 Å². The normalized spacial score (nSPS) is 32.4. The second kappa shape index (κ2) is 6.74. The molecule has 0 spiro atoms. The zero-order valence-corrected chi connectivity index (χ0v) is 12.6. The predicted octanol–water partition coefficient (Wildman–Crippen LogP) is 3.37. The third kappa shape index (κ3) is 3.13. The van der Waals surface area contributed by atoms with Gasteiger partial charge in [-0.2, -0.15) is 0 Å². The smallest absolute Gasteiger partial charge is 0.307 e. The largest absolute Gasteiger partial charge is 0.466 e. The van der Waals surface area contributed by atoms with Gasteiger partial charge in [-0.15, -0.1) is 0 Å². The summed E-state index contributed by atoms with van der Waals surface area (Å²) in [6, 6.07) is 0. The number of rotatable bonds is 5. The van der Waals surface area contributed by atoms with E-state index in [0.717, 1.165) is 0 Å². The molecule has 3 heteroatoms. The minimum absolute atomic E-state index is 0.00780. The molecule has 0 amide bonds. The molecule has 2 atom stereocenters. The molecule has 2 aliphatic rings. The molecule has 1 saturated carbocycles. The van der Waals surface area contributed by atoms with E-state index in [0.29, 0.717) is 18.9 Å². The van der Waals surface area contributed by atoms with Gasteiger partial charge < -0.3 is 4.74 Å². The highest BCUT2D eigenvalue weighted by atomic mass is 16.5. The van der Waals surface area contributed by atoms with Crippen molar-refractivity contribution in [1.82, 2.24) is 4.90 Å². The van der Waals surface area contributed by atoms with Crippen LogP contribution in [0.15, 0.2) is 0 Å². The van der Waals surface area contributed by atoms with Gasteiger partial charge in [-0.1, -0.05) is 26.2 Å². The molecular weight excluding hydrogens is 238 g/mol. The van der Waals surface area contributed by atoms with Crippen LogP contribution in [-0.4, -0.2) is 36.1 Å². The van der Waals surface area contributed by atoms with Crippen LogP contribution in [0.3, 0.4) is 0 Å². The van der Waals surface area contributed by atoms with Gasteiger partial charge in [0.15, 0.2) is 0 Å². The Morgan fingerprint density at radius 3 is 2.58 bits per heavy atom. The fourth-order valence-corrected chi connectivity index (χ4v) is 4.27. The first kappa shape index (κ1) is 14.8. The summed E-state index contributed by atoms with van der Waals surface area (Å²) in [4.78, 5) is 14.7. The lowest BCUT2D eigenvalue weighted by Crippen LogP contribution is -2.54. The van der Waals surface area contributed by atoms with Crippen LogP contribution >= 0.6 is 0 Å². The summed E-state index contributed by atoms with van der Waals surface area (Å²) >= 11 is 0. The van der Waals surface area contributed by atoms with Crippen LogP contribution in [0.4, 0.5) is 0 Å². The van der Waals surface area contributed by atoms with Gasteiger partial charge in [0.05, 0.1) is 13.0 Å². The van der Waals surface area contributed by atoms with Gasteiger partial charge in [-0.3, -0.25) is 9.69 Å². The van der Waals surface area contributed by atoms with Crippen molar-refractivity contribution >= 4 is 5.97 Å². The Balaban J connectivity index is 2.14. The molecule has 2 unspecified atom stereocenters. The third-order valence-electron chi connectivity index (χ3n) is 5.16. The molecule has 1 heterocycles. The van der Waals surface area contributed by atoms with Crippen LogP contribution < -0.4 is 0 Å². The van der Waals surface area contributed by atoms with Gasteiger partial charge in [0, 0.05) is 5.54 Å². The van der Waals surface area contributed by atoms with E-state index in [1.807, 2.05) is 6.92 Å². The summed E-state index contributed by atoms with van der Waals surface area (Å²) in [5.74, 6) is 0.684. The summed E-state index contributed by atoms with van der Waals surface area (Å²) in [5, 5.41) is 0. The van der Waals surface area contributed by atoms with E-state index < -0.39 is 0 Å². The van der Waals surface area contributed by atoms with Gasteiger partial charge in [-0.05, 0) is 51.6 Å². The van der Waals surface area contributed by atoms with E-state index in [-0.39, 0.29) is 11.5 Å². The summed E-state index contributed by atoms with van der Waals surface area (Å²) in [6.07, 6.45) is 9.48. The van der Waals surface area contributed by atoms with Crippen molar-refractivity contribution in [2.75, 3.05) is 19.7 Å². The molecule has 1 aliphatic carbocycles. The molecular formula is C16H29NO2. The number of esters is 1. The second-order valence-corrected chi connectivity index (χ2v) is 6.13. The number of hydrogen-bond acceptors (Lipinski definition) is 3. The summed E-state index contributed by atoms with van der Waals surface area (Å²) in [7, 11) is 0. The van der Waals surface area contributed by atoms with Crippen molar-refractivity contribution in [2.24, 2.45) is 5.92 Å². The number of likely N-dealkylation sites (tertiary alicyclic amines) is 1. The highest BCUT2D eigenvalue weighted by molar-refractivity contribution is 5.71. The van der Waals surface area contributed by atoms with Gasteiger partial charge in [0.2, 0.25) is 0 Å². The van der Waals surface area contributed by atoms with Crippen LogP contribution in [0.5, 0.6) is 0 Å². The van der Waals surface area contributed by atoms with Crippen molar-refractivity contribution in [1.29, 1.82) is 0 Å². The maximum atomic E-state index is 12.1. The number of hydrogen-bond donors (Lipinski definition) is 0. The summed E-state index contributed by atoms with van der Waals surface area (Å²) in [5.41, 5.74) is 0.113. The number of carbonyl (C=O) groups is 1. The Morgan fingerprint density at radius 1 is 1.21 bits per heavy atom. The highest BCUT2D eigenvalue weighted by Crippen LogP contribution is 2.45. The molecule has 0 N–H and O–H groups in total. The molecule has 0 aromatic carbocycles. The van der Waals surface area contributed by atoms with E-state index in [1.54, 1.807) is 0 Å². The maximum Gasteiger partial charge on any atom is 0.307 e. The van der Waals surface area contributed by atoms with Crippen LogP contribution in [-0.2, 0) is 9.53 Å². The average molecular weight is 267 g/mol. The molecule has 110 valence electrons. The van der Waals surface area contributed by atoms with Crippen LogP contribution in [0.25, 0.3) is 0 Å². The lowest BCUT2D eigenvalue weighted by molar-refractivity contribution is -0.148. The average Bonchev–Trinajstić information content (AvgIpc) is 2.84. The zero-order valence-electron chi connectivity index (χ0n) is 12.6. The number of carbonyl (C=O) groups excluding carboxylic acids is 1. The molecule has 0 aromatic rings. The lowest BCUT2D eigenvalue weighted by atomic mass is 9.79. The van der Waals surface area contributed by atoms with Crippen LogP contribution in [0.2, 0.25) is 0 Å². The van der Waals surface area contributed by atoms with E-state index >= 15 is 0 Å². The second-order valence-electron chi connectivity index (χ2n) is 6.13. The molecule has 1 saturated heterocycles. The van der Waals surface area contributed by atoms with Gasteiger partial charge in [0.1, 0.15) is 0 Å². The highest BCUT2D eigenvalue weighted by Gasteiger charge is 2.47. The quantitative estimate of drug-likeness (QED) is 0.715. The molecule has 0 bridgehead atoms. The number of ether oxygens (including phenoxy) is 1. The first-order valence-electron chi connectivity index (χ1n) is 8.13. The zero-order chi connectivity index (χ0) is 13.7. The Morgan fingerprint density at radius 2 is 1.95 bits per heavy atom. The Labute approximate surface area is 117 Å². The number of piperidine rings is 1. The monoisotopic (exact) mass is 267 g/mol. The summed E-state index contributed by atoms with van der Waals surface area (Å²) < 4.78 is 5.25. The van der Waals surface area contributed by atoms with E-state index in [9.17, 15) is 4.79 Å². The minimum Gasteiger partial charge on any atom is -0.466 e. The molecule has 19 heavy (non-hydrogen) atoms. The van der Waals surface area contributed by atoms with Gasteiger partial charge in [0.25, 0.3) is 0 Å². The van der Waals surface area contributed by atoms with Crippen molar-refractivity contribution < 1.29 is 9.53 Å². The van der Waals surface area contributed by atoms with E-state index in [4.69, 9.17) is 4.74 Å². The fourth-order valence-electron chi connectivity index (χ4n) is 4.27. The van der Waals surface area contributed by atoms with Crippen LogP contribution in [0.1, 0.15) is 65.2 Å². The summed E-state index contributed by atoms with van der Waals surface area (Å²) in [6.45, 7) is 7.04. The maximum absolute atomic E-state index is 12.1. The first-order valence-corrected chi connectivity index (χ1v) is 8.13. The topological polar surface area (TPSA) is 29.5 Å². The van der Waals surface area contributed by atoms with Crippen molar-refractivity contribution in [2.45, 2.75) is 70.8 Å². The molecule has 0 radical (unpaired) electrons. The number of nitrogens with zero attached hydrogens (tertiary/aromatic N) is 1. The van der Waals surface area contributed by atoms with Crippen LogP contribution in [0, 0.1) is 5.92 Å². The molecule has 0 aromatic heterocycles. The Hall–Kier alpha value is -0.570. The van der Waals surface area contributed by atoms with E-state index in [2.05, 4.69) is 11.8 Å². The molecule has 2 rings (SSSR count). The lowest BCUT2D eigenvalue weighted by Gasteiger charge is -2.47. The minimum atomic E-state index is 0.00780. The molecule has 3 nitrogen and oxygen atoms in total. The van der Waals surface area contributed by atoms with Crippen molar-refractivity contribution in [3.05, 3.63) is 0 Å². The predicted molar refractivity (Wildman–Crippen MR) is 77.0 cm³/mol. The van der Waals surface area contributed by atoms with Crippen molar-refractivity contribution in [3.63, 3.8) is 0 Å². The Kier molecular flexibility index (Phi) is 5.26. The molecule has 1 aliphatic heterocycles. The van der Waals surface area contributed by atoms with Gasteiger partial charge in [-0.25, -0.2) is 0 Å². The first-order chi connectivity index (χ1) is 9.23.